The predicted octanol–water partition coefficient (Wildman–Crippen LogP) is -2.88. The van der Waals surface area contributed by atoms with E-state index in [1.54, 1.807) is 0 Å². The average Bonchev–Trinajstić information content (AvgIpc) is 0.811. The van der Waals surface area contributed by atoms with E-state index in [4.69, 9.17) is 12.2 Å². The van der Waals surface area contributed by atoms with Gasteiger partial charge in [0.15, 0.2) is 0 Å². The summed E-state index contributed by atoms with van der Waals surface area (Å²) in [4.78, 5) is 0. The molecule has 0 saturated carbocycles. The van der Waals surface area contributed by atoms with Gasteiger partial charge in [0.2, 0.25) is 0 Å². The molecular weight excluding hydrogens is 343 g/mol. The first-order valence-electron chi connectivity index (χ1n) is 0.500. The third-order valence-electron chi connectivity index (χ3n) is 0. The Labute approximate surface area is 70.9 Å². The largest absolute Gasteiger partial charge is 1.00 e. The Morgan fingerprint density at radius 2 is 1.17 bits per heavy atom. The molecule has 0 spiro atoms. The second-order valence-corrected chi connectivity index (χ2v) is 1.06. The van der Waals surface area contributed by atoms with Crippen molar-refractivity contribution >= 4 is 14.5 Å². The molecule has 0 saturated heterocycles. The molecule has 6 heavy (non-hydrogen) atoms. The van der Waals surface area contributed by atoms with Crippen molar-refractivity contribution in [2.45, 2.75) is 0 Å². The minimum atomic E-state index is -3.79. The molecule has 0 unspecified atom stereocenters. The van der Waals surface area contributed by atoms with Crippen molar-refractivity contribution < 1.29 is 57.0 Å². The molecule has 0 aliphatic carbocycles. The monoisotopic (exact) mass is 342 g/mol. The Morgan fingerprint density at radius 1 is 1.17 bits per heavy atom. The van der Waals surface area contributed by atoms with Crippen LogP contribution < -0.4 is 8.38 Å². The van der Waals surface area contributed by atoms with Crippen LogP contribution in [-0.2, 0) is 48.6 Å². The molecule has 0 aromatic rings. The van der Waals surface area contributed by atoms with E-state index in [9.17, 15) is 0 Å². The van der Waals surface area contributed by atoms with Gasteiger partial charge in [-0.1, -0.05) is 0 Å². The first kappa shape index (κ1) is 15.6. The molecule has 0 N–H and O–H groups in total. The molecule has 0 heterocycles. The van der Waals surface area contributed by atoms with Gasteiger partial charge in [-0.2, -0.15) is 0 Å². The molecule has 0 rings (SSSR count). The molecule has 0 aromatic carbocycles. The van der Waals surface area contributed by atoms with E-state index in [2.05, 4.69) is 0 Å². The predicted molar refractivity (Wildman–Crippen MR) is 6.44 cm³/mol. The quantitative estimate of drug-likeness (QED) is 0.444. The van der Waals surface area contributed by atoms with Crippen LogP contribution in [0.5, 0.6) is 0 Å². The number of rotatable bonds is 0. The number of hydrogen-bond acceptors (Lipinski definition) is 3. The molecule has 0 fully saturated rings. The van der Waals surface area contributed by atoms with E-state index in [0.29, 0.717) is 0 Å². The zero-order valence-electron chi connectivity index (χ0n) is 2.24. The Hall–Kier alpha value is 1.72. The van der Waals surface area contributed by atoms with Gasteiger partial charge in [-0.25, -0.2) is 0 Å². The molecule has 0 bridgehead atoms. The molecule has 0 atom stereocenters. The maximum Gasteiger partial charge on any atom is 1.00 e. The zero-order valence-corrected chi connectivity index (χ0v) is 6.91. The van der Waals surface area contributed by atoms with Crippen molar-refractivity contribution in [1.29, 1.82) is 0 Å². The Kier molecular flexibility index (Phi) is 25.7. The van der Waals surface area contributed by atoms with E-state index in [-0.39, 0.29) is 44.8 Å². The zero-order chi connectivity index (χ0) is 3.58. The van der Waals surface area contributed by atoms with Crippen LogP contribution >= 0.6 is 0 Å². The van der Waals surface area contributed by atoms with Gasteiger partial charge in [-0.3, -0.25) is 0 Å². The van der Waals surface area contributed by atoms with Gasteiger partial charge in [-0.05, 0) is 0 Å². The van der Waals surface area contributed by atoms with Crippen LogP contribution in [0.3, 0.4) is 0 Å². The van der Waals surface area contributed by atoms with Crippen LogP contribution in [0, 0.1) is 0 Å². The Bertz CT molecular complexity index is 31.8. The van der Waals surface area contributed by atoms with Crippen molar-refractivity contribution in [3.05, 3.63) is 0 Å². The third kappa shape index (κ3) is 43.1. The van der Waals surface area contributed by atoms with Gasteiger partial charge in [0.25, 0.3) is 0 Å². The minimum Gasteiger partial charge on any atom is 1.00 e. The Morgan fingerprint density at radius 3 is 1.17 bits per heavy atom. The molecule has 0 amide bonds. The summed E-state index contributed by atoms with van der Waals surface area (Å²) < 4.78 is 25.6. The van der Waals surface area contributed by atoms with Crippen molar-refractivity contribution in [3.63, 3.8) is 0 Å². The van der Waals surface area contributed by atoms with Gasteiger partial charge < -0.3 is 0 Å². The molecule has 0 aliphatic rings. The maximum atomic E-state index is 8.54. The standard InChI is InChI=1S/2Ag.H2O3Se/c;;1-4(2)3/h;;(H2,1,2,3)/q2*+1;/p-2. The molecule has 0 aliphatic heterocycles. The van der Waals surface area contributed by atoms with Crippen molar-refractivity contribution in [1.82, 2.24) is 0 Å². The summed E-state index contributed by atoms with van der Waals surface area (Å²) in [5.41, 5.74) is 0. The smallest absolute Gasteiger partial charge is 1.00 e. The van der Waals surface area contributed by atoms with Crippen LogP contribution in [0.1, 0.15) is 0 Å². The van der Waals surface area contributed by atoms with Crippen molar-refractivity contribution in [2.24, 2.45) is 0 Å². The summed E-state index contributed by atoms with van der Waals surface area (Å²) in [6.07, 6.45) is 0. The summed E-state index contributed by atoms with van der Waals surface area (Å²) in [6, 6.07) is 0. The number of hydrogen-bond donors (Lipinski definition) is 0. The first-order chi connectivity index (χ1) is 1.73. The molecule has 0 aromatic heterocycles. The molecule has 0 radical (unpaired) electrons. The molecule has 6 heteroatoms. The maximum absolute atomic E-state index is 8.54. The second-order valence-electron chi connectivity index (χ2n) is 0.204. The summed E-state index contributed by atoms with van der Waals surface area (Å²) in [7, 11) is 0. The van der Waals surface area contributed by atoms with Gasteiger partial charge >= 0.3 is 71.5 Å². The second kappa shape index (κ2) is 9.87. The fraction of sp³-hybridized carbons (Fsp3) is 0. The SMILES string of the molecule is O=[Se]([O-])[O-].[Ag+].[Ag+]. The minimum absolute atomic E-state index is 0. The van der Waals surface area contributed by atoms with Gasteiger partial charge in [0.05, 0.1) is 0 Å². The van der Waals surface area contributed by atoms with Crippen LogP contribution in [-0.4, -0.2) is 14.5 Å². The first-order valence-corrected chi connectivity index (χ1v) is 2.60. The summed E-state index contributed by atoms with van der Waals surface area (Å²) in [5.74, 6) is 0. The van der Waals surface area contributed by atoms with E-state index in [1.807, 2.05) is 0 Å². The van der Waals surface area contributed by atoms with Crippen molar-refractivity contribution in [2.75, 3.05) is 0 Å². The van der Waals surface area contributed by atoms with E-state index < -0.39 is 14.5 Å². The van der Waals surface area contributed by atoms with Crippen LogP contribution in [0.4, 0.5) is 0 Å². The van der Waals surface area contributed by atoms with Crippen LogP contribution in [0.15, 0.2) is 0 Å². The summed E-state index contributed by atoms with van der Waals surface area (Å²) >= 11 is -3.79. The molecule has 46 valence electrons. The van der Waals surface area contributed by atoms with Crippen molar-refractivity contribution in [3.8, 4) is 0 Å². The fourth-order valence-electron chi connectivity index (χ4n) is 0. The average molecular weight is 343 g/mol. The topological polar surface area (TPSA) is 63.2 Å². The fourth-order valence-corrected chi connectivity index (χ4v) is 0. The van der Waals surface area contributed by atoms with Gasteiger partial charge in [-0.15, -0.1) is 0 Å². The van der Waals surface area contributed by atoms with Crippen LogP contribution in [0.25, 0.3) is 0 Å². The summed E-state index contributed by atoms with van der Waals surface area (Å²) in [5, 5.41) is 0. The summed E-state index contributed by atoms with van der Waals surface area (Å²) in [6.45, 7) is 0. The van der Waals surface area contributed by atoms with E-state index in [1.165, 1.54) is 0 Å². The molecular formula is Ag2O3Se. The van der Waals surface area contributed by atoms with Gasteiger partial charge in [0, 0.05) is 0 Å². The van der Waals surface area contributed by atoms with Gasteiger partial charge in [0.1, 0.15) is 0 Å². The normalized spacial score (nSPS) is 5.83. The van der Waals surface area contributed by atoms with E-state index in [0.717, 1.165) is 0 Å². The van der Waals surface area contributed by atoms with Crippen LogP contribution in [0.2, 0.25) is 0 Å². The third-order valence-corrected chi connectivity index (χ3v) is 0. The molecule has 3 nitrogen and oxygen atoms in total. The Balaban J connectivity index is -0.0000000450. The van der Waals surface area contributed by atoms with E-state index >= 15 is 0 Å².